The van der Waals surface area contributed by atoms with Crippen molar-refractivity contribution in [3.8, 4) is 0 Å². The second kappa shape index (κ2) is 7.61. The Balaban J connectivity index is 2.17. The molecule has 1 atom stereocenters. The molecule has 0 saturated carbocycles. The van der Waals surface area contributed by atoms with Gasteiger partial charge in [0.1, 0.15) is 5.38 Å². The maximum Gasteiger partial charge on any atom is 0.340 e. The number of halogens is 1. The van der Waals surface area contributed by atoms with Gasteiger partial charge in [0.25, 0.3) is 0 Å². The fraction of sp³-hybridized carbons (Fsp3) is 0.176. The number of hydrogen-bond donors (Lipinski definition) is 1. The van der Waals surface area contributed by atoms with Crippen molar-refractivity contribution in [3.05, 3.63) is 65.7 Å². The Morgan fingerprint density at radius 1 is 1.09 bits per heavy atom. The van der Waals surface area contributed by atoms with E-state index >= 15 is 0 Å². The molecule has 5 heteroatoms. The lowest BCUT2D eigenvalue weighted by molar-refractivity contribution is -0.116. The van der Waals surface area contributed by atoms with Crippen LogP contribution in [0.15, 0.2) is 54.6 Å². The molecule has 2 rings (SSSR count). The monoisotopic (exact) mass is 317 g/mol. The number of anilines is 1. The average Bonchev–Trinajstić information content (AvgIpc) is 2.55. The van der Waals surface area contributed by atoms with Crippen molar-refractivity contribution in [1.82, 2.24) is 0 Å². The summed E-state index contributed by atoms with van der Waals surface area (Å²) in [5.74, 6) is -0.881. The van der Waals surface area contributed by atoms with Crippen LogP contribution in [0.2, 0.25) is 0 Å². The maximum absolute atomic E-state index is 12.3. The molecule has 1 unspecified atom stereocenters. The summed E-state index contributed by atoms with van der Waals surface area (Å²) in [7, 11) is 0. The van der Waals surface area contributed by atoms with E-state index in [-0.39, 0.29) is 6.61 Å². The molecule has 0 aliphatic rings. The van der Waals surface area contributed by atoms with Gasteiger partial charge in [-0.2, -0.15) is 0 Å². The summed E-state index contributed by atoms with van der Waals surface area (Å²) in [5, 5.41) is 1.84. The number of ether oxygens (including phenoxy) is 1. The van der Waals surface area contributed by atoms with Gasteiger partial charge in [-0.15, -0.1) is 11.6 Å². The van der Waals surface area contributed by atoms with Crippen molar-refractivity contribution in [2.75, 3.05) is 11.9 Å². The minimum Gasteiger partial charge on any atom is -0.462 e. The first kappa shape index (κ1) is 16.0. The van der Waals surface area contributed by atoms with Gasteiger partial charge in [0.15, 0.2) is 0 Å². The Bertz CT molecular complexity index is 658. The number of rotatable bonds is 5. The average molecular weight is 318 g/mol. The predicted octanol–water partition coefficient (Wildman–Crippen LogP) is 3.78. The molecule has 0 radical (unpaired) electrons. The Labute approximate surface area is 134 Å². The predicted molar refractivity (Wildman–Crippen MR) is 86.1 cm³/mol. The van der Waals surface area contributed by atoms with Crippen LogP contribution in [0.5, 0.6) is 0 Å². The lowest BCUT2D eigenvalue weighted by atomic mass is 10.1. The summed E-state index contributed by atoms with van der Waals surface area (Å²) in [4.78, 5) is 24.1. The topological polar surface area (TPSA) is 55.4 Å². The normalized spacial score (nSPS) is 11.5. The summed E-state index contributed by atoms with van der Waals surface area (Å²) in [6, 6.07) is 15.7. The molecule has 0 aliphatic carbocycles. The third-order valence-corrected chi connectivity index (χ3v) is 3.45. The number of amides is 1. The first-order valence-electron chi connectivity index (χ1n) is 6.89. The molecule has 1 N–H and O–H groups in total. The maximum atomic E-state index is 12.3. The molecule has 0 aromatic heterocycles. The Morgan fingerprint density at radius 3 is 2.41 bits per heavy atom. The minimum absolute atomic E-state index is 0.267. The van der Waals surface area contributed by atoms with E-state index in [0.29, 0.717) is 16.8 Å². The van der Waals surface area contributed by atoms with Crippen molar-refractivity contribution in [2.24, 2.45) is 0 Å². The molecule has 114 valence electrons. The van der Waals surface area contributed by atoms with Crippen molar-refractivity contribution < 1.29 is 14.3 Å². The molecule has 22 heavy (non-hydrogen) atoms. The smallest absolute Gasteiger partial charge is 0.340 e. The van der Waals surface area contributed by atoms with E-state index in [1.807, 2.05) is 18.2 Å². The number of carbonyl (C=O) groups is 2. The van der Waals surface area contributed by atoms with E-state index in [0.717, 1.165) is 0 Å². The fourth-order valence-corrected chi connectivity index (χ4v) is 2.15. The van der Waals surface area contributed by atoms with E-state index < -0.39 is 17.3 Å². The largest absolute Gasteiger partial charge is 0.462 e. The highest BCUT2D eigenvalue weighted by molar-refractivity contribution is 6.32. The Hall–Kier alpha value is -2.33. The van der Waals surface area contributed by atoms with E-state index in [1.165, 1.54) is 0 Å². The van der Waals surface area contributed by atoms with Crippen molar-refractivity contribution >= 4 is 29.2 Å². The van der Waals surface area contributed by atoms with Gasteiger partial charge in [0.05, 0.1) is 17.9 Å². The summed E-state index contributed by atoms with van der Waals surface area (Å²) in [6.07, 6.45) is 0. The molecule has 0 bridgehead atoms. The first-order valence-corrected chi connectivity index (χ1v) is 7.33. The van der Waals surface area contributed by atoms with Crippen LogP contribution >= 0.6 is 11.6 Å². The third kappa shape index (κ3) is 3.86. The zero-order valence-corrected chi connectivity index (χ0v) is 12.8. The Kier molecular flexibility index (Phi) is 5.55. The molecule has 2 aromatic rings. The first-order chi connectivity index (χ1) is 10.6. The number of para-hydroxylation sites is 1. The quantitative estimate of drug-likeness (QED) is 0.674. The minimum atomic E-state index is -0.837. The van der Waals surface area contributed by atoms with Gasteiger partial charge in [-0.3, -0.25) is 4.79 Å². The highest BCUT2D eigenvalue weighted by atomic mass is 35.5. The standard InChI is InChI=1S/C17H16ClNO3/c1-2-22-17(21)13-10-6-7-11-14(13)19-16(20)15(18)12-8-4-3-5-9-12/h3-11,15H,2H2,1H3,(H,19,20). The summed E-state index contributed by atoms with van der Waals surface area (Å²) < 4.78 is 4.97. The van der Waals surface area contributed by atoms with E-state index in [4.69, 9.17) is 16.3 Å². The van der Waals surface area contributed by atoms with Crippen molar-refractivity contribution in [3.63, 3.8) is 0 Å². The second-order valence-corrected chi connectivity index (χ2v) is 4.96. The van der Waals surface area contributed by atoms with Crippen LogP contribution in [0.3, 0.4) is 0 Å². The summed E-state index contributed by atoms with van der Waals surface area (Å²) in [5.41, 5.74) is 1.37. The van der Waals surface area contributed by atoms with Crippen molar-refractivity contribution in [2.45, 2.75) is 12.3 Å². The molecule has 0 aliphatic heterocycles. The SMILES string of the molecule is CCOC(=O)c1ccccc1NC(=O)C(Cl)c1ccccc1. The van der Waals surface area contributed by atoms with E-state index in [9.17, 15) is 9.59 Å². The molecule has 0 fully saturated rings. The van der Waals surface area contributed by atoms with Crippen LogP contribution < -0.4 is 5.32 Å². The number of benzene rings is 2. The van der Waals surface area contributed by atoms with Crippen molar-refractivity contribution in [1.29, 1.82) is 0 Å². The van der Waals surface area contributed by atoms with Gasteiger partial charge in [-0.05, 0) is 24.6 Å². The molecule has 1 amide bonds. The van der Waals surface area contributed by atoms with Crippen LogP contribution in [-0.4, -0.2) is 18.5 Å². The van der Waals surface area contributed by atoms with Crippen LogP contribution in [0.25, 0.3) is 0 Å². The zero-order valence-electron chi connectivity index (χ0n) is 12.1. The van der Waals surface area contributed by atoms with Gasteiger partial charge in [-0.25, -0.2) is 4.79 Å². The Morgan fingerprint density at radius 2 is 1.73 bits per heavy atom. The number of carbonyl (C=O) groups excluding carboxylic acids is 2. The lowest BCUT2D eigenvalue weighted by Gasteiger charge is -2.13. The van der Waals surface area contributed by atoms with Gasteiger partial charge >= 0.3 is 5.97 Å². The molecule has 0 saturated heterocycles. The van der Waals surface area contributed by atoms with Gasteiger partial charge in [0, 0.05) is 0 Å². The molecule has 0 heterocycles. The van der Waals surface area contributed by atoms with E-state index in [2.05, 4.69) is 5.32 Å². The highest BCUT2D eigenvalue weighted by Crippen LogP contribution is 2.24. The third-order valence-electron chi connectivity index (χ3n) is 3.00. The molecule has 2 aromatic carbocycles. The molecule has 4 nitrogen and oxygen atoms in total. The van der Waals surface area contributed by atoms with Crippen LogP contribution in [0, 0.1) is 0 Å². The summed E-state index contributed by atoms with van der Waals surface area (Å²) >= 11 is 6.17. The zero-order chi connectivity index (χ0) is 15.9. The summed E-state index contributed by atoms with van der Waals surface area (Å²) in [6.45, 7) is 1.99. The van der Waals surface area contributed by atoms with E-state index in [1.54, 1.807) is 43.3 Å². The number of alkyl halides is 1. The lowest BCUT2D eigenvalue weighted by Crippen LogP contribution is -2.19. The van der Waals surface area contributed by atoms with Crippen LogP contribution in [-0.2, 0) is 9.53 Å². The van der Waals surface area contributed by atoms with Crippen LogP contribution in [0.4, 0.5) is 5.69 Å². The number of nitrogens with one attached hydrogen (secondary N) is 1. The molecular formula is C17H16ClNO3. The molecule has 0 spiro atoms. The number of hydrogen-bond acceptors (Lipinski definition) is 3. The van der Waals surface area contributed by atoms with Gasteiger partial charge in [0.2, 0.25) is 5.91 Å². The highest BCUT2D eigenvalue weighted by Gasteiger charge is 2.20. The second-order valence-electron chi connectivity index (χ2n) is 4.53. The number of esters is 1. The van der Waals surface area contributed by atoms with Gasteiger partial charge < -0.3 is 10.1 Å². The van der Waals surface area contributed by atoms with Crippen LogP contribution in [0.1, 0.15) is 28.2 Å². The fourth-order valence-electron chi connectivity index (χ4n) is 1.95. The molecular weight excluding hydrogens is 302 g/mol. The van der Waals surface area contributed by atoms with Gasteiger partial charge in [-0.1, -0.05) is 42.5 Å².